The van der Waals surface area contributed by atoms with E-state index in [0.29, 0.717) is 11.5 Å². The lowest BCUT2D eigenvalue weighted by atomic mass is 10.2. The van der Waals surface area contributed by atoms with Crippen molar-refractivity contribution in [1.29, 1.82) is 0 Å². The van der Waals surface area contributed by atoms with Gasteiger partial charge in [0, 0.05) is 5.56 Å². The number of halogens is 1. The van der Waals surface area contributed by atoms with Crippen LogP contribution in [0.3, 0.4) is 0 Å². The van der Waals surface area contributed by atoms with E-state index in [1.807, 2.05) is 0 Å². The van der Waals surface area contributed by atoms with E-state index >= 15 is 0 Å². The first-order chi connectivity index (χ1) is 7.47. The third kappa shape index (κ3) is 2.10. The van der Waals surface area contributed by atoms with Crippen molar-refractivity contribution in [2.45, 2.75) is 12.6 Å². The molecule has 16 heavy (non-hydrogen) atoms. The van der Waals surface area contributed by atoms with Crippen molar-refractivity contribution >= 4 is 0 Å². The number of aromatic nitrogens is 1. The second kappa shape index (κ2) is 3.70. The fraction of sp³-hybridized carbons (Fsp3) is 0.182. The Bertz CT molecular complexity index is 485. The third-order valence-electron chi connectivity index (χ3n) is 2.11. The van der Waals surface area contributed by atoms with Crippen molar-refractivity contribution < 1.29 is 13.9 Å². The first kappa shape index (κ1) is 10.8. The maximum absolute atomic E-state index is 12.7. The van der Waals surface area contributed by atoms with Crippen LogP contribution in [-0.2, 0) is 5.72 Å². The monoisotopic (exact) mass is 222 g/mol. The van der Waals surface area contributed by atoms with Gasteiger partial charge in [0.25, 0.3) is 0 Å². The molecule has 1 atom stereocenters. The van der Waals surface area contributed by atoms with Crippen molar-refractivity contribution in [1.82, 2.24) is 4.98 Å². The highest BCUT2D eigenvalue weighted by atomic mass is 19.1. The van der Waals surface area contributed by atoms with Gasteiger partial charge in [-0.2, -0.15) is 0 Å². The molecule has 0 spiro atoms. The molecule has 0 aliphatic rings. The standard InChI is InChI=1S/C11H11FN2O2/c1-11(13,15)9-6-16-10(14-9)7-2-4-8(12)5-3-7/h2-6,15H,13H2,1H3. The van der Waals surface area contributed by atoms with E-state index < -0.39 is 5.72 Å². The summed E-state index contributed by atoms with van der Waals surface area (Å²) in [6.45, 7) is 1.40. The zero-order valence-electron chi connectivity index (χ0n) is 8.64. The number of rotatable bonds is 2. The lowest BCUT2D eigenvalue weighted by Gasteiger charge is -2.11. The Hall–Kier alpha value is -1.72. The molecule has 0 amide bonds. The molecule has 1 unspecified atom stereocenters. The quantitative estimate of drug-likeness (QED) is 0.757. The molecular weight excluding hydrogens is 211 g/mol. The van der Waals surface area contributed by atoms with Gasteiger partial charge in [0.05, 0.1) is 0 Å². The van der Waals surface area contributed by atoms with Gasteiger partial charge in [-0.1, -0.05) is 0 Å². The van der Waals surface area contributed by atoms with Crippen LogP contribution < -0.4 is 5.73 Å². The van der Waals surface area contributed by atoms with Gasteiger partial charge in [0.15, 0.2) is 5.72 Å². The van der Waals surface area contributed by atoms with Gasteiger partial charge in [-0.3, -0.25) is 5.73 Å². The number of nitrogens with zero attached hydrogens (tertiary/aromatic N) is 1. The van der Waals surface area contributed by atoms with Crippen LogP contribution in [0.1, 0.15) is 12.6 Å². The molecule has 1 aromatic carbocycles. The van der Waals surface area contributed by atoms with E-state index in [1.54, 1.807) is 0 Å². The van der Waals surface area contributed by atoms with Crippen molar-refractivity contribution in [3.8, 4) is 11.5 Å². The summed E-state index contributed by atoms with van der Waals surface area (Å²) in [7, 11) is 0. The zero-order chi connectivity index (χ0) is 11.8. The Labute approximate surface area is 91.5 Å². The summed E-state index contributed by atoms with van der Waals surface area (Å²) in [5, 5.41) is 9.49. The molecule has 0 bridgehead atoms. The number of aliphatic hydroxyl groups is 1. The molecule has 2 rings (SSSR count). The highest BCUT2D eigenvalue weighted by molar-refractivity contribution is 5.52. The molecule has 0 aliphatic heterocycles. The molecule has 0 fully saturated rings. The molecule has 4 nitrogen and oxygen atoms in total. The molecule has 0 saturated carbocycles. The summed E-state index contributed by atoms with van der Waals surface area (Å²) >= 11 is 0. The minimum Gasteiger partial charge on any atom is -0.444 e. The smallest absolute Gasteiger partial charge is 0.226 e. The van der Waals surface area contributed by atoms with E-state index in [4.69, 9.17) is 10.2 Å². The molecular formula is C11H11FN2O2. The lowest BCUT2D eigenvalue weighted by molar-refractivity contribution is 0.0600. The molecule has 84 valence electrons. The third-order valence-corrected chi connectivity index (χ3v) is 2.11. The van der Waals surface area contributed by atoms with Crippen LogP contribution in [0.4, 0.5) is 4.39 Å². The minimum atomic E-state index is -1.54. The summed E-state index contributed by atoms with van der Waals surface area (Å²) in [4.78, 5) is 4.02. The van der Waals surface area contributed by atoms with Gasteiger partial charge in [0.1, 0.15) is 17.8 Å². The SMILES string of the molecule is CC(N)(O)c1coc(-c2ccc(F)cc2)n1. The predicted octanol–water partition coefficient (Wildman–Crippen LogP) is 1.60. The molecule has 2 aromatic rings. The summed E-state index contributed by atoms with van der Waals surface area (Å²) in [5.74, 6) is -0.0397. The molecule has 0 radical (unpaired) electrons. The Morgan fingerprint density at radius 3 is 2.50 bits per heavy atom. The number of hydrogen-bond donors (Lipinski definition) is 2. The second-order valence-corrected chi connectivity index (χ2v) is 3.69. The van der Waals surface area contributed by atoms with Gasteiger partial charge in [-0.05, 0) is 31.2 Å². The van der Waals surface area contributed by atoms with E-state index in [2.05, 4.69) is 4.98 Å². The fourth-order valence-electron chi connectivity index (χ4n) is 1.23. The molecule has 5 heteroatoms. The number of hydrogen-bond acceptors (Lipinski definition) is 4. The predicted molar refractivity (Wildman–Crippen MR) is 55.7 cm³/mol. The van der Waals surface area contributed by atoms with Crippen LogP contribution in [0.2, 0.25) is 0 Å². The number of oxazole rings is 1. The second-order valence-electron chi connectivity index (χ2n) is 3.69. The van der Waals surface area contributed by atoms with Gasteiger partial charge >= 0.3 is 0 Å². The van der Waals surface area contributed by atoms with Gasteiger partial charge in [-0.15, -0.1) is 0 Å². The normalized spacial score (nSPS) is 14.8. The Balaban J connectivity index is 2.35. The Kier molecular flexibility index (Phi) is 2.49. The van der Waals surface area contributed by atoms with Crippen LogP contribution in [0.15, 0.2) is 34.9 Å². The van der Waals surface area contributed by atoms with Crippen molar-refractivity contribution in [2.75, 3.05) is 0 Å². The van der Waals surface area contributed by atoms with Gasteiger partial charge in [0.2, 0.25) is 5.89 Å². The molecule has 0 aliphatic carbocycles. The highest BCUT2D eigenvalue weighted by Gasteiger charge is 2.21. The largest absolute Gasteiger partial charge is 0.444 e. The van der Waals surface area contributed by atoms with Crippen LogP contribution in [-0.4, -0.2) is 10.1 Å². The Morgan fingerprint density at radius 1 is 1.38 bits per heavy atom. The lowest BCUT2D eigenvalue weighted by Crippen LogP contribution is -2.32. The summed E-state index contributed by atoms with van der Waals surface area (Å²) in [5.41, 5.74) is 4.76. The van der Waals surface area contributed by atoms with E-state index in [1.165, 1.54) is 37.5 Å². The topological polar surface area (TPSA) is 72.3 Å². The fourth-order valence-corrected chi connectivity index (χ4v) is 1.23. The summed E-state index contributed by atoms with van der Waals surface area (Å²) < 4.78 is 17.8. The zero-order valence-corrected chi connectivity index (χ0v) is 8.64. The highest BCUT2D eigenvalue weighted by Crippen LogP contribution is 2.22. The first-order valence-corrected chi connectivity index (χ1v) is 4.70. The molecule has 1 heterocycles. The first-order valence-electron chi connectivity index (χ1n) is 4.70. The number of benzene rings is 1. The van der Waals surface area contributed by atoms with Crippen molar-refractivity contribution in [2.24, 2.45) is 5.73 Å². The summed E-state index contributed by atoms with van der Waals surface area (Å²) in [6.07, 6.45) is 1.28. The maximum atomic E-state index is 12.7. The average Bonchev–Trinajstić information content (AvgIpc) is 2.67. The van der Waals surface area contributed by atoms with Crippen LogP contribution in [0, 0.1) is 5.82 Å². The molecule has 3 N–H and O–H groups in total. The molecule has 1 aromatic heterocycles. The van der Waals surface area contributed by atoms with Crippen molar-refractivity contribution in [3.05, 3.63) is 42.0 Å². The van der Waals surface area contributed by atoms with E-state index in [9.17, 15) is 9.50 Å². The van der Waals surface area contributed by atoms with E-state index in [-0.39, 0.29) is 11.5 Å². The Morgan fingerprint density at radius 2 is 2.00 bits per heavy atom. The van der Waals surface area contributed by atoms with Crippen LogP contribution in [0.25, 0.3) is 11.5 Å². The number of nitrogens with two attached hydrogens (primary N) is 1. The van der Waals surface area contributed by atoms with E-state index in [0.717, 1.165) is 0 Å². The maximum Gasteiger partial charge on any atom is 0.226 e. The average molecular weight is 222 g/mol. The van der Waals surface area contributed by atoms with Gasteiger partial charge in [-0.25, -0.2) is 9.37 Å². The van der Waals surface area contributed by atoms with Crippen LogP contribution in [0.5, 0.6) is 0 Å². The minimum absolute atomic E-state index is 0.229. The van der Waals surface area contributed by atoms with Crippen LogP contribution >= 0.6 is 0 Å². The van der Waals surface area contributed by atoms with Crippen molar-refractivity contribution in [3.63, 3.8) is 0 Å². The summed E-state index contributed by atoms with van der Waals surface area (Å²) in [6, 6.07) is 5.69. The molecule has 0 saturated heterocycles. The van der Waals surface area contributed by atoms with Gasteiger partial charge < -0.3 is 9.52 Å².